The number of morpholine rings is 1. The van der Waals surface area contributed by atoms with Crippen LogP contribution >= 0.6 is 0 Å². The third-order valence-electron chi connectivity index (χ3n) is 5.89. The molecule has 1 atom stereocenters. The molecule has 1 aliphatic rings. The van der Waals surface area contributed by atoms with Gasteiger partial charge in [0.2, 0.25) is 26.0 Å². The van der Waals surface area contributed by atoms with Crippen molar-refractivity contribution in [1.82, 2.24) is 9.62 Å². The molecule has 2 aromatic rings. The molecule has 1 heterocycles. The fraction of sp³-hybridized carbons (Fsp3) is 0.480. The van der Waals surface area contributed by atoms with Crippen LogP contribution in [0.25, 0.3) is 0 Å². The molecule has 1 amide bonds. The Labute approximate surface area is 219 Å². The van der Waals surface area contributed by atoms with Crippen molar-refractivity contribution in [3.63, 3.8) is 0 Å². The summed E-state index contributed by atoms with van der Waals surface area (Å²) in [5, 5.41) is 2.75. The second-order valence-electron chi connectivity index (χ2n) is 8.96. The van der Waals surface area contributed by atoms with Crippen LogP contribution < -0.4 is 14.4 Å². The highest BCUT2D eigenvalue weighted by Gasteiger charge is 2.31. The molecule has 2 aromatic carbocycles. The van der Waals surface area contributed by atoms with Crippen molar-refractivity contribution in [1.29, 1.82) is 0 Å². The van der Waals surface area contributed by atoms with Gasteiger partial charge in [-0.2, -0.15) is 4.31 Å². The van der Waals surface area contributed by atoms with Crippen LogP contribution in [-0.4, -0.2) is 78.8 Å². The normalized spacial score (nSPS) is 15.7. The van der Waals surface area contributed by atoms with Crippen LogP contribution in [0.4, 0.5) is 5.69 Å². The molecule has 0 spiro atoms. The van der Waals surface area contributed by atoms with E-state index >= 15 is 0 Å². The Morgan fingerprint density at radius 2 is 1.65 bits per heavy atom. The Morgan fingerprint density at radius 3 is 2.19 bits per heavy atom. The van der Waals surface area contributed by atoms with E-state index in [1.165, 1.54) is 16.4 Å². The molecule has 37 heavy (non-hydrogen) atoms. The lowest BCUT2D eigenvalue weighted by Gasteiger charge is -2.30. The lowest BCUT2D eigenvalue weighted by molar-refractivity contribution is -0.122. The smallest absolute Gasteiger partial charge is 0.244 e. The number of hydrogen-bond acceptors (Lipinski definition) is 7. The first-order chi connectivity index (χ1) is 17.4. The predicted octanol–water partition coefficient (Wildman–Crippen LogP) is 2.06. The Morgan fingerprint density at radius 1 is 1.05 bits per heavy atom. The Bertz CT molecular complexity index is 1270. The fourth-order valence-corrected chi connectivity index (χ4v) is 6.85. The quantitative estimate of drug-likeness (QED) is 0.423. The first-order valence-corrected chi connectivity index (χ1v) is 15.4. The minimum atomic E-state index is -3.72. The van der Waals surface area contributed by atoms with Crippen molar-refractivity contribution < 1.29 is 31.1 Å². The Balaban J connectivity index is 1.59. The monoisotopic (exact) mass is 553 g/mol. The van der Waals surface area contributed by atoms with Crippen LogP contribution in [0.1, 0.15) is 24.5 Å². The van der Waals surface area contributed by atoms with Crippen molar-refractivity contribution in [2.45, 2.75) is 38.1 Å². The molecule has 0 radical (unpaired) electrons. The summed E-state index contributed by atoms with van der Waals surface area (Å²) in [4.78, 5) is 13.1. The van der Waals surface area contributed by atoms with E-state index in [9.17, 15) is 21.6 Å². The van der Waals surface area contributed by atoms with Crippen molar-refractivity contribution in [2.75, 3.05) is 50.0 Å². The molecule has 0 aliphatic carbocycles. The van der Waals surface area contributed by atoms with E-state index in [0.29, 0.717) is 37.7 Å². The maximum absolute atomic E-state index is 13.0. The van der Waals surface area contributed by atoms with Crippen molar-refractivity contribution >= 4 is 31.6 Å². The predicted molar refractivity (Wildman–Crippen MR) is 142 cm³/mol. The van der Waals surface area contributed by atoms with Gasteiger partial charge in [-0.25, -0.2) is 16.8 Å². The molecule has 3 rings (SSSR count). The van der Waals surface area contributed by atoms with E-state index in [4.69, 9.17) is 9.47 Å². The second kappa shape index (κ2) is 12.2. The zero-order valence-corrected chi connectivity index (χ0v) is 23.3. The van der Waals surface area contributed by atoms with Gasteiger partial charge in [-0.3, -0.25) is 9.10 Å². The Kier molecular flexibility index (Phi) is 9.57. The number of nitrogens with one attached hydrogen (secondary N) is 1. The number of rotatable bonds is 11. The summed E-state index contributed by atoms with van der Waals surface area (Å²) >= 11 is 0. The van der Waals surface area contributed by atoms with Gasteiger partial charge in [-0.15, -0.1) is 0 Å². The highest BCUT2D eigenvalue weighted by Crippen LogP contribution is 2.25. The molecule has 0 saturated carbocycles. The largest absolute Gasteiger partial charge is 0.492 e. The van der Waals surface area contributed by atoms with Crippen LogP contribution in [0.3, 0.4) is 0 Å². The van der Waals surface area contributed by atoms with Crippen molar-refractivity contribution in [2.24, 2.45) is 0 Å². The topological polar surface area (TPSA) is 122 Å². The summed E-state index contributed by atoms with van der Waals surface area (Å²) in [6, 6.07) is 10.6. The molecule has 1 aliphatic heterocycles. The van der Waals surface area contributed by atoms with Gasteiger partial charge in [0, 0.05) is 13.1 Å². The van der Waals surface area contributed by atoms with Crippen LogP contribution in [0.15, 0.2) is 47.4 Å². The molecule has 0 unspecified atom stereocenters. The number of carbonyl (C=O) groups excluding carboxylic acids is 1. The average Bonchev–Trinajstić information content (AvgIpc) is 2.84. The molecule has 10 nitrogen and oxygen atoms in total. The minimum Gasteiger partial charge on any atom is -0.492 e. The average molecular weight is 554 g/mol. The fourth-order valence-electron chi connectivity index (χ4n) is 4.24. The van der Waals surface area contributed by atoms with Gasteiger partial charge in [-0.05, 0) is 67.8 Å². The third kappa shape index (κ3) is 7.44. The molecular formula is C25H35N3O7S2. The van der Waals surface area contributed by atoms with Gasteiger partial charge in [-0.1, -0.05) is 13.0 Å². The van der Waals surface area contributed by atoms with Crippen molar-refractivity contribution in [3.05, 3.63) is 53.6 Å². The third-order valence-corrected chi connectivity index (χ3v) is 8.99. The van der Waals surface area contributed by atoms with Gasteiger partial charge in [0.05, 0.1) is 36.6 Å². The number of sulfonamides is 2. The summed E-state index contributed by atoms with van der Waals surface area (Å²) in [5.41, 5.74) is 2.25. The Hall–Kier alpha value is -2.67. The number of hydrogen-bond donors (Lipinski definition) is 1. The van der Waals surface area contributed by atoms with E-state index in [2.05, 4.69) is 5.32 Å². The standard InChI is InChI=1S/C25H35N3O7S2/c1-5-24(28(36(4,30)31)21-17-19(2)16-20(3)18-21)25(29)26-10-13-35-22-6-8-23(9-7-22)37(32,33)27-11-14-34-15-12-27/h6-9,16-18,24H,5,10-15H2,1-4H3,(H,26,29)/t24-/m0/s1. The number of aryl methyl sites for hydroxylation is 2. The van der Waals surface area contributed by atoms with E-state index in [1.54, 1.807) is 31.2 Å². The maximum Gasteiger partial charge on any atom is 0.244 e. The summed E-state index contributed by atoms with van der Waals surface area (Å²) < 4.78 is 64.2. The van der Waals surface area contributed by atoms with Gasteiger partial charge in [0.25, 0.3) is 0 Å². The van der Waals surface area contributed by atoms with E-state index in [-0.39, 0.29) is 24.5 Å². The van der Waals surface area contributed by atoms with Gasteiger partial charge >= 0.3 is 0 Å². The lowest BCUT2D eigenvalue weighted by Crippen LogP contribution is -2.50. The van der Waals surface area contributed by atoms with Crippen molar-refractivity contribution in [3.8, 4) is 5.75 Å². The molecule has 0 aromatic heterocycles. The molecule has 12 heteroatoms. The molecule has 204 valence electrons. The van der Waals surface area contributed by atoms with Gasteiger partial charge in [0.15, 0.2) is 0 Å². The van der Waals surface area contributed by atoms with E-state index < -0.39 is 32.0 Å². The van der Waals surface area contributed by atoms with Gasteiger partial charge in [0.1, 0.15) is 18.4 Å². The van der Waals surface area contributed by atoms with E-state index in [0.717, 1.165) is 21.7 Å². The zero-order chi connectivity index (χ0) is 27.2. The highest BCUT2D eigenvalue weighted by molar-refractivity contribution is 7.92. The van der Waals surface area contributed by atoms with Crippen LogP contribution in [-0.2, 0) is 29.6 Å². The molecule has 1 fully saturated rings. The number of amides is 1. The minimum absolute atomic E-state index is 0.125. The van der Waals surface area contributed by atoms with Gasteiger partial charge < -0.3 is 14.8 Å². The van der Waals surface area contributed by atoms with Crippen LogP contribution in [0, 0.1) is 13.8 Å². The first-order valence-electron chi connectivity index (χ1n) is 12.1. The van der Waals surface area contributed by atoms with E-state index in [1.807, 2.05) is 19.9 Å². The molecule has 0 bridgehead atoms. The number of nitrogens with zero attached hydrogens (tertiary/aromatic N) is 2. The maximum atomic E-state index is 13.0. The number of anilines is 1. The molecule has 1 saturated heterocycles. The molecule has 1 N–H and O–H groups in total. The van der Waals surface area contributed by atoms with Crippen LogP contribution in [0.2, 0.25) is 0 Å². The summed E-state index contributed by atoms with van der Waals surface area (Å²) in [7, 11) is -7.31. The summed E-state index contributed by atoms with van der Waals surface area (Å²) in [5.74, 6) is 0.0258. The zero-order valence-electron chi connectivity index (χ0n) is 21.6. The summed E-state index contributed by atoms with van der Waals surface area (Å²) in [6.45, 7) is 7.16. The number of ether oxygens (including phenoxy) is 2. The highest BCUT2D eigenvalue weighted by atomic mass is 32.2. The molecular weight excluding hydrogens is 518 g/mol. The van der Waals surface area contributed by atoms with Crippen LogP contribution in [0.5, 0.6) is 5.75 Å². The lowest BCUT2D eigenvalue weighted by atomic mass is 10.1. The first kappa shape index (κ1) is 28.9. The summed E-state index contributed by atoms with van der Waals surface area (Å²) in [6.07, 6.45) is 1.37. The number of benzene rings is 2. The number of carbonyl (C=O) groups is 1. The second-order valence-corrected chi connectivity index (χ2v) is 12.8. The SMILES string of the molecule is CC[C@@H](C(=O)NCCOc1ccc(S(=O)(=O)N2CCOCC2)cc1)N(c1cc(C)cc(C)c1)S(C)(=O)=O.